The Morgan fingerprint density at radius 1 is 1.71 bits per heavy atom. The summed E-state index contributed by atoms with van der Waals surface area (Å²) in [6, 6.07) is 0. The van der Waals surface area contributed by atoms with E-state index in [1.807, 2.05) is 18.4 Å². The molecule has 1 radical (unpaired) electrons. The molecule has 2 heteroatoms. The molecular formula is C5H6NS. The van der Waals surface area contributed by atoms with Crippen molar-refractivity contribution in [3.05, 3.63) is 23.8 Å². The van der Waals surface area contributed by atoms with Crippen molar-refractivity contribution in [1.82, 2.24) is 5.32 Å². The van der Waals surface area contributed by atoms with E-state index in [9.17, 15) is 0 Å². The summed E-state index contributed by atoms with van der Waals surface area (Å²) in [5.74, 6) is 0.938. The molecule has 1 aliphatic rings. The molecule has 0 unspecified atom stereocenters. The lowest BCUT2D eigenvalue weighted by atomic mass is 10.6. The fourth-order valence-corrected chi connectivity index (χ4v) is 0.773. The van der Waals surface area contributed by atoms with Crippen LogP contribution in [0.3, 0.4) is 0 Å². The van der Waals surface area contributed by atoms with Crippen LogP contribution in [0.1, 0.15) is 0 Å². The molecule has 1 rings (SSSR count). The van der Waals surface area contributed by atoms with E-state index in [0.29, 0.717) is 0 Å². The molecule has 1 N–H and O–H groups in total. The van der Waals surface area contributed by atoms with Crippen LogP contribution in [-0.4, -0.2) is 5.88 Å². The SMILES string of the molecule is [C]1=CC=CNCS1. The predicted molar refractivity (Wildman–Crippen MR) is 32.5 cm³/mol. The average Bonchev–Trinajstić information content (AvgIpc) is 1.90. The van der Waals surface area contributed by atoms with Gasteiger partial charge in [-0.2, -0.15) is 0 Å². The third-order valence-corrected chi connectivity index (χ3v) is 1.23. The lowest BCUT2D eigenvalue weighted by molar-refractivity contribution is 1.07. The zero-order valence-corrected chi connectivity index (χ0v) is 4.66. The van der Waals surface area contributed by atoms with Gasteiger partial charge < -0.3 is 5.32 Å². The van der Waals surface area contributed by atoms with E-state index in [1.54, 1.807) is 11.8 Å². The number of nitrogens with one attached hydrogen (secondary N) is 1. The summed E-state index contributed by atoms with van der Waals surface area (Å²) in [6.45, 7) is 0. The molecule has 1 aliphatic heterocycles. The molecule has 0 atom stereocenters. The van der Waals surface area contributed by atoms with Crippen LogP contribution >= 0.6 is 11.8 Å². The van der Waals surface area contributed by atoms with Crippen molar-refractivity contribution in [3.8, 4) is 0 Å². The molecule has 0 aromatic rings. The van der Waals surface area contributed by atoms with E-state index in [1.165, 1.54) is 0 Å². The highest BCUT2D eigenvalue weighted by atomic mass is 32.2. The zero-order valence-electron chi connectivity index (χ0n) is 3.85. The third-order valence-electron chi connectivity index (χ3n) is 0.617. The van der Waals surface area contributed by atoms with Crippen molar-refractivity contribution < 1.29 is 0 Å². The predicted octanol–water partition coefficient (Wildman–Crippen LogP) is 1.11. The Kier molecular flexibility index (Phi) is 1.88. The second-order valence-corrected chi connectivity index (χ2v) is 1.95. The topological polar surface area (TPSA) is 12.0 Å². The maximum Gasteiger partial charge on any atom is 0.0652 e. The second kappa shape index (κ2) is 2.75. The van der Waals surface area contributed by atoms with Gasteiger partial charge in [-0.05, 0) is 18.4 Å². The van der Waals surface area contributed by atoms with Crippen molar-refractivity contribution in [2.75, 3.05) is 5.88 Å². The first-order chi connectivity index (χ1) is 3.50. The summed E-state index contributed by atoms with van der Waals surface area (Å²) in [5.41, 5.74) is 0. The normalized spacial score (nSPS) is 18.3. The highest BCUT2D eigenvalue weighted by Gasteiger charge is 1.79. The molecule has 0 saturated carbocycles. The van der Waals surface area contributed by atoms with Crippen LogP contribution in [0.5, 0.6) is 0 Å². The fourth-order valence-electron chi connectivity index (χ4n) is 0.335. The molecule has 0 aromatic carbocycles. The first kappa shape index (κ1) is 4.78. The van der Waals surface area contributed by atoms with E-state index in [-0.39, 0.29) is 0 Å². The monoisotopic (exact) mass is 112 g/mol. The number of hydrogen-bond acceptors (Lipinski definition) is 2. The highest BCUT2D eigenvalue weighted by Crippen LogP contribution is 1.99. The van der Waals surface area contributed by atoms with Crippen LogP contribution < -0.4 is 5.32 Å². The number of rotatable bonds is 0. The smallest absolute Gasteiger partial charge is 0.0652 e. The molecule has 0 aromatic heterocycles. The molecule has 0 amide bonds. The van der Waals surface area contributed by atoms with Crippen LogP contribution in [0.4, 0.5) is 0 Å². The number of hydrogen-bond donors (Lipinski definition) is 1. The molecule has 7 heavy (non-hydrogen) atoms. The van der Waals surface area contributed by atoms with Crippen LogP contribution in [-0.2, 0) is 0 Å². The van der Waals surface area contributed by atoms with E-state index in [0.717, 1.165) is 5.88 Å². The van der Waals surface area contributed by atoms with E-state index in [4.69, 9.17) is 0 Å². The Hall–Kier alpha value is -0.370. The summed E-state index contributed by atoms with van der Waals surface area (Å²) in [4.78, 5) is 0. The Bertz CT molecular complexity index is 84.3. The summed E-state index contributed by atoms with van der Waals surface area (Å²) in [5, 5.41) is 6.03. The van der Waals surface area contributed by atoms with E-state index < -0.39 is 0 Å². The first-order valence-corrected chi connectivity index (χ1v) is 3.08. The van der Waals surface area contributed by atoms with Crippen LogP contribution in [0, 0.1) is 5.41 Å². The number of allylic oxidation sites excluding steroid dienone is 2. The molecule has 0 spiro atoms. The highest BCUT2D eigenvalue weighted by molar-refractivity contribution is 8.00. The second-order valence-electron chi connectivity index (χ2n) is 1.14. The van der Waals surface area contributed by atoms with E-state index >= 15 is 0 Å². The Labute approximate surface area is 47.5 Å². The largest absolute Gasteiger partial charge is 0.382 e. The Morgan fingerprint density at radius 3 is 3.71 bits per heavy atom. The van der Waals surface area contributed by atoms with Gasteiger partial charge in [0.1, 0.15) is 0 Å². The van der Waals surface area contributed by atoms with Gasteiger partial charge in [0.25, 0.3) is 0 Å². The van der Waals surface area contributed by atoms with Gasteiger partial charge in [-0.25, -0.2) is 0 Å². The maximum absolute atomic E-state index is 3.04. The summed E-state index contributed by atoms with van der Waals surface area (Å²) in [6.07, 6.45) is 5.73. The van der Waals surface area contributed by atoms with Gasteiger partial charge in [0.2, 0.25) is 0 Å². The molecule has 37 valence electrons. The minimum atomic E-state index is 0.938. The van der Waals surface area contributed by atoms with Crippen molar-refractivity contribution in [2.24, 2.45) is 0 Å². The molecule has 0 saturated heterocycles. The van der Waals surface area contributed by atoms with Crippen molar-refractivity contribution in [3.63, 3.8) is 0 Å². The molecule has 0 aliphatic carbocycles. The van der Waals surface area contributed by atoms with Gasteiger partial charge in [0.15, 0.2) is 0 Å². The van der Waals surface area contributed by atoms with Crippen LogP contribution in [0.15, 0.2) is 18.4 Å². The molecule has 0 bridgehead atoms. The van der Waals surface area contributed by atoms with Gasteiger partial charge in [0.05, 0.1) is 5.88 Å². The van der Waals surface area contributed by atoms with Crippen LogP contribution in [0.2, 0.25) is 0 Å². The van der Waals surface area contributed by atoms with Crippen molar-refractivity contribution in [2.45, 2.75) is 0 Å². The molecule has 0 fully saturated rings. The maximum atomic E-state index is 3.04. The lowest BCUT2D eigenvalue weighted by Crippen LogP contribution is -1.99. The standard InChI is InChI=1S/C5H6NS/c1-2-4-7-5-6-3-1/h1-3,6H,5H2. The summed E-state index contributed by atoms with van der Waals surface area (Å²) < 4.78 is 0. The van der Waals surface area contributed by atoms with Crippen molar-refractivity contribution in [1.29, 1.82) is 0 Å². The molecule has 1 nitrogen and oxygen atoms in total. The van der Waals surface area contributed by atoms with Gasteiger partial charge in [-0.1, -0.05) is 0 Å². The Morgan fingerprint density at radius 2 is 2.71 bits per heavy atom. The Balaban J connectivity index is 2.39. The van der Waals surface area contributed by atoms with Gasteiger partial charge in [0, 0.05) is 5.41 Å². The molecule has 1 heterocycles. The third kappa shape index (κ3) is 1.69. The lowest BCUT2D eigenvalue weighted by Gasteiger charge is -1.88. The van der Waals surface area contributed by atoms with Gasteiger partial charge in [-0.15, -0.1) is 11.8 Å². The van der Waals surface area contributed by atoms with Gasteiger partial charge in [-0.3, -0.25) is 0 Å². The summed E-state index contributed by atoms with van der Waals surface area (Å²) in [7, 11) is 0. The molecular weight excluding hydrogens is 106 g/mol. The summed E-state index contributed by atoms with van der Waals surface area (Å²) >= 11 is 1.64. The average molecular weight is 112 g/mol. The fraction of sp³-hybridized carbons (Fsp3) is 0.200. The van der Waals surface area contributed by atoms with E-state index in [2.05, 4.69) is 10.7 Å². The zero-order chi connectivity index (χ0) is 4.95. The minimum Gasteiger partial charge on any atom is -0.382 e. The first-order valence-electron chi connectivity index (χ1n) is 2.09. The number of thioether (sulfide) groups is 1. The quantitative estimate of drug-likeness (QED) is 0.504. The minimum absolute atomic E-state index is 0.938. The van der Waals surface area contributed by atoms with Gasteiger partial charge >= 0.3 is 0 Å². The van der Waals surface area contributed by atoms with Crippen molar-refractivity contribution >= 4 is 11.8 Å². The van der Waals surface area contributed by atoms with Crippen LogP contribution in [0.25, 0.3) is 0 Å².